The number of rotatable bonds is 4. The minimum absolute atomic E-state index is 0. The average Bonchev–Trinajstić information content (AvgIpc) is 2.87. The van der Waals surface area contributed by atoms with Gasteiger partial charge in [0.2, 0.25) is 0 Å². The van der Waals surface area contributed by atoms with Crippen molar-refractivity contribution >= 4 is 29.9 Å². The SMILES string of the molecule is CC1CCCN(C(N)=NCCCn2cccn2)C1.I. The van der Waals surface area contributed by atoms with Crippen LogP contribution in [0, 0.1) is 5.92 Å². The van der Waals surface area contributed by atoms with E-state index in [0.717, 1.165) is 38.5 Å². The molecule has 1 aromatic heterocycles. The molecule has 1 aromatic rings. The Morgan fingerprint density at radius 1 is 1.53 bits per heavy atom. The van der Waals surface area contributed by atoms with Gasteiger partial charge >= 0.3 is 0 Å². The van der Waals surface area contributed by atoms with Gasteiger partial charge in [0, 0.05) is 38.6 Å². The molecule has 2 N–H and O–H groups in total. The van der Waals surface area contributed by atoms with Crippen LogP contribution >= 0.6 is 24.0 Å². The molecule has 1 aliphatic heterocycles. The van der Waals surface area contributed by atoms with Crippen LogP contribution in [0.5, 0.6) is 0 Å². The van der Waals surface area contributed by atoms with Gasteiger partial charge in [-0.15, -0.1) is 24.0 Å². The Kier molecular flexibility index (Phi) is 7.19. The normalized spacial score (nSPS) is 20.2. The minimum Gasteiger partial charge on any atom is -0.370 e. The summed E-state index contributed by atoms with van der Waals surface area (Å²) in [4.78, 5) is 6.67. The van der Waals surface area contributed by atoms with Gasteiger partial charge in [0.15, 0.2) is 5.96 Å². The second kappa shape index (κ2) is 8.39. The highest BCUT2D eigenvalue weighted by molar-refractivity contribution is 14.0. The first-order valence-electron chi connectivity index (χ1n) is 6.78. The summed E-state index contributed by atoms with van der Waals surface area (Å²) in [6.07, 6.45) is 7.28. The van der Waals surface area contributed by atoms with Gasteiger partial charge in [0.1, 0.15) is 0 Å². The number of piperidine rings is 1. The molecule has 0 radical (unpaired) electrons. The summed E-state index contributed by atoms with van der Waals surface area (Å²) >= 11 is 0. The molecule has 0 amide bonds. The molecule has 2 rings (SSSR count). The van der Waals surface area contributed by atoms with Crippen LogP contribution in [0.25, 0.3) is 0 Å². The third kappa shape index (κ3) is 5.38. The molecule has 1 atom stereocenters. The van der Waals surface area contributed by atoms with E-state index < -0.39 is 0 Å². The molecule has 0 bridgehead atoms. The topological polar surface area (TPSA) is 59.4 Å². The van der Waals surface area contributed by atoms with E-state index in [1.807, 2.05) is 16.9 Å². The molecule has 1 fully saturated rings. The first-order chi connectivity index (χ1) is 8.75. The number of nitrogens with two attached hydrogens (primary N) is 1. The molecule has 108 valence electrons. The fraction of sp³-hybridized carbons (Fsp3) is 0.692. The number of nitrogens with zero attached hydrogens (tertiary/aromatic N) is 4. The van der Waals surface area contributed by atoms with Crippen molar-refractivity contribution in [2.45, 2.75) is 32.7 Å². The number of hydrogen-bond acceptors (Lipinski definition) is 2. The second-order valence-corrected chi connectivity index (χ2v) is 5.06. The standard InChI is InChI=1S/C13H23N5.HI/c1-12-5-2-8-17(11-12)13(14)15-6-3-9-18-10-4-7-16-18;/h4,7,10,12H,2-3,5-6,8-9,11H2,1H3,(H2,14,15);1H. The van der Waals surface area contributed by atoms with Crippen molar-refractivity contribution in [3.63, 3.8) is 0 Å². The first kappa shape index (κ1) is 16.3. The molecule has 2 heterocycles. The van der Waals surface area contributed by atoms with Crippen LogP contribution in [-0.2, 0) is 6.54 Å². The lowest BCUT2D eigenvalue weighted by molar-refractivity contribution is 0.270. The first-order valence-corrected chi connectivity index (χ1v) is 6.78. The van der Waals surface area contributed by atoms with Crippen molar-refractivity contribution in [2.24, 2.45) is 16.6 Å². The molecule has 0 aromatic carbocycles. The van der Waals surface area contributed by atoms with Crippen LogP contribution in [0.3, 0.4) is 0 Å². The summed E-state index contributed by atoms with van der Waals surface area (Å²) < 4.78 is 1.93. The van der Waals surface area contributed by atoms with E-state index in [1.54, 1.807) is 6.20 Å². The Morgan fingerprint density at radius 2 is 2.37 bits per heavy atom. The van der Waals surface area contributed by atoms with E-state index in [1.165, 1.54) is 12.8 Å². The van der Waals surface area contributed by atoms with Crippen molar-refractivity contribution in [1.82, 2.24) is 14.7 Å². The Bertz CT molecular complexity index is 376. The number of halogens is 1. The van der Waals surface area contributed by atoms with Crippen molar-refractivity contribution < 1.29 is 0 Å². The summed E-state index contributed by atoms with van der Waals surface area (Å²) in [5, 5.41) is 4.16. The third-order valence-corrected chi connectivity index (χ3v) is 3.36. The zero-order chi connectivity index (χ0) is 12.8. The van der Waals surface area contributed by atoms with Crippen LogP contribution in [0.2, 0.25) is 0 Å². The quantitative estimate of drug-likeness (QED) is 0.378. The van der Waals surface area contributed by atoms with Gasteiger partial charge in [-0.25, -0.2) is 0 Å². The Hall–Kier alpha value is -0.790. The van der Waals surface area contributed by atoms with Crippen LogP contribution in [0.1, 0.15) is 26.2 Å². The highest BCUT2D eigenvalue weighted by Crippen LogP contribution is 2.14. The van der Waals surface area contributed by atoms with Gasteiger partial charge in [0.25, 0.3) is 0 Å². The van der Waals surface area contributed by atoms with Gasteiger partial charge in [-0.1, -0.05) is 6.92 Å². The molecule has 1 aliphatic rings. The van der Waals surface area contributed by atoms with Crippen molar-refractivity contribution in [3.8, 4) is 0 Å². The number of guanidine groups is 1. The number of aromatic nitrogens is 2. The lowest BCUT2D eigenvalue weighted by Gasteiger charge is -2.31. The molecule has 19 heavy (non-hydrogen) atoms. The highest BCUT2D eigenvalue weighted by Gasteiger charge is 2.17. The molecular weight excluding hydrogens is 353 g/mol. The predicted molar refractivity (Wildman–Crippen MR) is 88.7 cm³/mol. The van der Waals surface area contributed by atoms with Crippen LogP contribution in [-0.4, -0.2) is 40.3 Å². The van der Waals surface area contributed by atoms with Gasteiger partial charge < -0.3 is 10.6 Å². The molecular formula is C13H24IN5. The molecule has 0 aliphatic carbocycles. The molecule has 0 spiro atoms. The summed E-state index contributed by atoms with van der Waals surface area (Å²) in [5.41, 5.74) is 6.02. The van der Waals surface area contributed by atoms with Crippen molar-refractivity contribution in [2.75, 3.05) is 19.6 Å². The lowest BCUT2D eigenvalue weighted by atomic mass is 10.0. The smallest absolute Gasteiger partial charge is 0.191 e. The summed E-state index contributed by atoms with van der Waals surface area (Å²) in [5.74, 6) is 1.44. The fourth-order valence-electron chi connectivity index (χ4n) is 2.36. The van der Waals surface area contributed by atoms with E-state index >= 15 is 0 Å². The van der Waals surface area contributed by atoms with E-state index in [4.69, 9.17) is 5.73 Å². The Morgan fingerprint density at radius 3 is 3.05 bits per heavy atom. The summed E-state index contributed by atoms with van der Waals surface area (Å²) in [7, 11) is 0. The number of hydrogen-bond donors (Lipinski definition) is 1. The number of aliphatic imine (C=N–C) groups is 1. The second-order valence-electron chi connectivity index (χ2n) is 5.06. The van der Waals surface area contributed by atoms with E-state index in [2.05, 4.69) is 21.9 Å². The summed E-state index contributed by atoms with van der Waals surface area (Å²) in [6, 6.07) is 1.94. The number of likely N-dealkylation sites (tertiary alicyclic amines) is 1. The van der Waals surface area contributed by atoms with E-state index in [0.29, 0.717) is 5.96 Å². The molecule has 0 saturated carbocycles. The monoisotopic (exact) mass is 377 g/mol. The summed E-state index contributed by atoms with van der Waals surface area (Å²) in [6.45, 7) is 6.06. The lowest BCUT2D eigenvalue weighted by Crippen LogP contribution is -2.43. The minimum atomic E-state index is 0. The average molecular weight is 377 g/mol. The van der Waals surface area contributed by atoms with Crippen LogP contribution in [0.4, 0.5) is 0 Å². The van der Waals surface area contributed by atoms with Crippen molar-refractivity contribution in [3.05, 3.63) is 18.5 Å². The molecule has 6 heteroatoms. The highest BCUT2D eigenvalue weighted by atomic mass is 127. The zero-order valence-electron chi connectivity index (χ0n) is 11.5. The van der Waals surface area contributed by atoms with Crippen LogP contribution in [0.15, 0.2) is 23.5 Å². The van der Waals surface area contributed by atoms with Gasteiger partial charge in [-0.05, 0) is 31.2 Å². The van der Waals surface area contributed by atoms with Gasteiger partial charge in [-0.3, -0.25) is 9.67 Å². The maximum Gasteiger partial charge on any atom is 0.191 e. The number of aryl methyl sites for hydroxylation is 1. The van der Waals surface area contributed by atoms with E-state index in [-0.39, 0.29) is 24.0 Å². The van der Waals surface area contributed by atoms with Crippen molar-refractivity contribution in [1.29, 1.82) is 0 Å². The maximum atomic E-state index is 6.02. The van der Waals surface area contributed by atoms with Crippen LogP contribution < -0.4 is 5.73 Å². The van der Waals surface area contributed by atoms with Gasteiger partial charge in [-0.2, -0.15) is 5.10 Å². The fourth-order valence-corrected chi connectivity index (χ4v) is 2.36. The molecule has 5 nitrogen and oxygen atoms in total. The third-order valence-electron chi connectivity index (χ3n) is 3.36. The van der Waals surface area contributed by atoms with E-state index in [9.17, 15) is 0 Å². The molecule has 1 unspecified atom stereocenters. The Balaban J connectivity index is 0.00000180. The largest absolute Gasteiger partial charge is 0.370 e. The van der Waals surface area contributed by atoms with Gasteiger partial charge in [0.05, 0.1) is 0 Å². The Labute approximate surface area is 132 Å². The predicted octanol–water partition coefficient (Wildman–Crippen LogP) is 1.94. The zero-order valence-corrected chi connectivity index (χ0v) is 13.9. The maximum absolute atomic E-state index is 6.02. The molecule has 1 saturated heterocycles.